The van der Waals surface area contributed by atoms with E-state index in [0.717, 1.165) is 11.5 Å². The third-order valence-corrected chi connectivity index (χ3v) is 1.80. The molecule has 0 atom stereocenters. The molecule has 0 saturated carbocycles. The molecule has 0 unspecified atom stereocenters. The van der Waals surface area contributed by atoms with Crippen molar-refractivity contribution in [3.05, 3.63) is 30.6 Å². The molecule has 0 aromatic carbocycles. The van der Waals surface area contributed by atoms with E-state index in [2.05, 4.69) is 24.1 Å². The van der Waals surface area contributed by atoms with Crippen LogP contribution in [0.2, 0.25) is 0 Å². The molecule has 13 heavy (non-hydrogen) atoms. The molecule has 1 N–H and O–H groups in total. The molecule has 0 saturated heterocycles. The highest BCUT2D eigenvalue weighted by atomic mass is 15.1. The lowest BCUT2D eigenvalue weighted by Gasteiger charge is -2.04. The highest BCUT2D eigenvalue weighted by Crippen LogP contribution is 2.09. The SMILES string of the molecule is CC(C)Nc1cn2ccccc2n1. The Balaban J connectivity index is 2.38. The van der Waals surface area contributed by atoms with Crippen LogP contribution in [0, 0.1) is 0 Å². The third-order valence-electron chi connectivity index (χ3n) is 1.80. The number of fused-ring (bicyclic) bond motifs is 1. The molecule has 0 spiro atoms. The second kappa shape index (κ2) is 3.09. The molecule has 0 aliphatic carbocycles. The highest BCUT2D eigenvalue weighted by molar-refractivity contribution is 5.48. The molecule has 0 aliphatic heterocycles. The quantitative estimate of drug-likeness (QED) is 0.757. The standard InChI is InChI=1S/C10H13N3/c1-8(2)11-9-7-13-6-4-3-5-10(13)12-9/h3-8,11H,1-2H3. The Labute approximate surface area is 77.4 Å². The molecule has 3 heteroatoms. The molecule has 2 aromatic heterocycles. The smallest absolute Gasteiger partial charge is 0.145 e. The van der Waals surface area contributed by atoms with Crippen LogP contribution in [0.3, 0.4) is 0 Å². The Morgan fingerprint density at radius 2 is 2.23 bits per heavy atom. The zero-order chi connectivity index (χ0) is 9.26. The first kappa shape index (κ1) is 8.10. The number of hydrogen-bond donors (Lipinski definition) is 1. The van der Waals surface area contributed by atoms with E-state index in [9.17, 15) is 0 Å². The average Bonchev–Trinajstić information content (AvgIpc) is 2.44. The molecule has 0 amide bonds. The summed E-state index contributed by atoms with van der Waals surface area (Å²) < 4.78 is 2.00. The van der Waals surface area contributed by atoms with Crippen LogP contribution >= 0.6 is 0 Å². The Morgan fingerprint density at radius 3 is 2.92 bits per heavy atom. The van der Waals surface area contributed by atoms with Crippen molar-refractivity contribution >= 4 is 11.5 Å². The minimum atomic E-state index is 0.421. The van der Waals surface area contributed by atoms with Gasteiger partial charge in [-0.1, -0.05) is 6.07 Å². The Kier molecular flexibility index (Phi) is 1.93. The molecule has 68 valence electrons. The van der Waals surface area contributed by atoms with Crippen LogP contribution in [-0.4, -0.2) is 15.4 Å². The number of nitrogens with zero attached hydrogens (tertiary/aromatic N) is 2. The zero-order valence-corrected chi connectivity index (χ0v) is 7.86. The number of nitrogens with one attached hydrogen (secondary N) is 1. The number of aromatic nitrogens is 2. The second-order valence-electron chi connectivity index (χ2n) is 3.39. The van der Waals surface area contributed by atoms with Crippen LogP contribution < -0.4 is 5.32 Å². The van der Waals surface area contributed by atoms with Gasteiger partial charge in [0.25, 0.3) is 0 Å². The van der Waals surface area contributed by atoms with Gasteiger partial charge >= 0.3 is 0 Å². The van der Waals surface area contributed by atoms with Crippen molar-refractivity contribution in [2.45, 2.75) is 19.9 Å². The summed E-state index contributed by atoms with van der Waals surface area (Å²) in [6, 6.07) is 6.39. The van der Waals surface area contributed by atoms with Gasteiger partial charge in [0.2, 0.25) is 0 Å². The predicted molar refractivity (Wildman–Crippen MR) is 54.0 cm³/mol. The van der Waals surface area contributed by atoms with Crippen molar-refractivity contribution in [3.8, 4) is 0 Å². The van der Waals surface area contributed by atoms with Crippen LogP contribution in [0.5, 0.6) is 0 Å². The van der Waals surface area contributed by atoms with E-state index in [-0.39, 0.29) is 0 Å². The van der Waals surface area contributed by atoms with Crippen LogP contribution in [0.1, 0.15) is 13.8 Å². The van der Waals surface area contributed by atoms with E-state index in [0.29, 0.717) is 6.04 Å². The number of imidazole rings is 1. The first-order valence-electron chi connectivity index (χ1n) is 4.46. The maximum Gasteiger partial charge on any atom is 0.145 e. The van der Waals surface area contributed by atoms with Crippen LogP contribution in [0.4, 0.5) is 5.82 Å². The van der Waals surface area contributed by atoms with Crippen molar-refractivity contribution in [2.75, 3.05) is 5.32 Å². The van der Waals surface area contributed by atoms with Crippen molar-refractivity contribution in [1.82, 2.24) is 9.38 Å². The fraction of sp³-hybridized carbons (Fsp3) is 0.300. The summed E-state index contributed by atoms with van der Waals surface area (Å²) in [6.45, 7) is 4.20. The summed E-state index contributed by atoms with van der Waals surface area (Å²) in [5.74, 6) is 0.932. The second-order valence-corrected chi connectivity index (χ2v) is 3.39. The lowest BCUT2D eigenvalue weighted by molar-refractivity contribution is 0.892. The van der Waals surface area contributed by atoms with Gasteiger partial charge in [-0.25, -0.2) is 4.98 Å². The van der Waals surface area contributed by atoms with Crippen molar-refractivity contribution in [1.29, 1.82) is 0 Å². The molecular formula is C10H13N3. The molecule has 0 radical (unpaired) electrons. The van der Waals surface area contributed by atoms with Gasteiger partial charge in [0.1, 0.15) is 11.5 Å². The van der Waals surface area contributed by atoms with E-state index in [1.807, 2.05) is 35.0 Å². The van der Waals surface area contributed by atoms with Crippen molar-refractivity contribution < 1.29 is 0 Å². The highest BCUT2D eigenvalue weighted by Gasteiger charge is 2.00. The normalized spacial score (nSPS) is 11.0. The number of pyridine rings is 1. The first-order valence-corrected chi connectivity index (χ1v) is 4.46. The molecule has 0 fully saturated rings. The monoisotopic (exact) mass is 175 g/mol. The van der Waals surface area contributed by atoms with Gasteiger partial charge < -0.3 is 9.72 Å². The summed E-state index contributed by atoms with van der Waals surface area (Å²) in [5.41, 5.74) is 0.977. The Bertz CT molecular complexity index is 370. The predicted octanol–water partition coefficient (Wildman–Crippen LogP) is 2.15. The minimum absolute atomic E-state index is 0.421. The van der Waals surface area contributed by atoms with Gasteiger partial charge in [0.15, 0.2) is 0 Å². The fourth-order valence-electron chi connectivity index (χ4n) is 1.30. The van der Waals surface area contributed by atoms with E-state index >= 15 is 0 Å². The van der Waals surface area contributed by atoms with E-state index in [4.69, 9.17) is 0 Å². The van der Waals surface area contributed by atoms with Crippen molar-refractivity contribution in [2.24, 2.45) is 0 Å². The number of hydrogen-bond acceptors (Lipinski definition) is 2. The molecule has 2 rings (SSSR count). The Morgan fingerprint density at radius 1 is 1.38 bits per heavy atom. The number of rotatable bonds is 2. The van der Waals surface area contributed by atoms with Crippen LogP contribution in [0.25, 0.3) is 5.65 Å². The van der Waals surface area contributed by atoms with Crippen LogP contribution in [0.15, 0.2) is 30.6 Å². The average molecular weight is 175 g/mol. The molecule has 2 heterocycles. The summed E-state index contributed by atoms with van der Waals surface area (Å²) in [6.07, 6.45) is 3.99. The fourth-order valence-corrected chi connectivity index (χ4v) is 1.30. The molecule has 3 nitrogen and oxygen atoms in total. The summed E-state index contributed by atoms with van der Waals surface area (Å²) in [4.78, 5) is 4.40. The van der Waals surface area contributed by atoms with Crippen LogP contribution in [-0.2, 0) is 0 Å². The largest absolute Gasteiger partial charge is 0.367 e. The molecule has 0 bridgehead atoms. The summed E-state index contributed by atoms with van der Waals surface area (Å²) in [5, 5.41) is 3.26. The molecule has 0 aliphatic rings. The maximum absolute atomic E-state index is 4.40. The van der Waals surface area contributed by atoms with Gasteiger partial charge in [-0.2, -0.15) is 0 Å². The third kappa shape index (κ3) is 1.64. The lowest BCUT2D eigenvalue weighted by atomic mass is 10.4. The van der Waals surface area contributed by atoms with Gasteiger partial charge in [0.05, 0.1) is 6.20 Å². The summed E-state index contributed by atoms with van der Waals surface area (Å²) in [7, 11) is 0. The Hall–Kier alpha value is -1.51. The zero-order valence-electron chi connectivity index (χ0n) is 7.86. The topological polar surface area (TPSA) is 29.3 Å². The van der Waals surface area contributed by atoms with Gasteiger partial charge in [-0.15, -0.1) is 0 Å². The van der Waals surface area contributed by atoms with Gasteiger partial charge in [0, 0.05) is 12.2 Å². The first-order chi connectivity index (χ1) is 6.25. The molecule has 2 aromatic rings. The summed E-state index contributed by atoms with van der Waals surface area (Å²) >= 11 is 0. The lowest BCUT2D eigenvalue weighted by Crippen LogP contribution is -2.09. The van der Waals surface area contributed by atoms with E-state index in [1.165, 1.54) is 0 Å². The maximum atomic E-state index is 4.40. The van der Waals surface area contributed by atoms with Gasteiger partial charge in [-0.3, -0.25) is 0 Å². The van der Waals surface area contributed by atoms with E-state index in [1.54, 1.807) is 0 Å². The minimum Gasteiger partial charge on any atom is -0.367 e. The van der Waals surface area contributed by atoms with Gasteiger partial charge in [-0.05, 0) is 26.0 Å². The van der Waals surface area contributed by atoms with E-state index < -0.39 is 0 Å². The number of anilines is 1. The van der Waals surface area contributed by atoms with Crippen molar-refractivity contribution in [3.63, 3.8) is 0 Å². The molecular weight excluding hydrogens is 162 g/mol.